The van der Waals surface area contributed by atoms with Crippen LogP contribution < -0.4 is 0 Å². The number of benzene rings is 9. The third-order valence-electron chi connectivity index (χ3n) is 11.9. The van der Waals surface area contributed by atoms with Crippen molar-refractivity contribution in [2.75, 3.05) is 0 Å². The number of nitrogens with zero attached hydrogens (tertiary/aromatic N) is 4. The van der Waals surface area contributed by atoms with E-state index in [2.05, 4.69) is 221 Å². The zero-order valence-corrected chi connectivity index (χ0v) is 32.6. The third kappa shape index (κ3) is 5.39. The van der Waals surface area contributed by atoms with Crippen molar-refractivity contribution in [1.82, 2.24) is 19.1 Å². The van der Waals surface area contributed by atoms with E-state index < -0.39 is 0 Å². The Hall–Kier alpha value is -8.08. The minimum Gasteiger partial charge on any atom is -0.309 e. The summed E-state index contributed by atoms with van der Waals surface area (Å²) in [6.45, 7) is 0. The van der Waals surface area contributed by atoms with Gasteiger partial charge in [-0.05, 0) is 58.3 Å². The Morgan fingerprint density at radius 1 is 0.283 bits per heavy atom. The lowest BCUT2D eigenvalue weighted by atomic mass is 10.0. The van der Waals surface area contributed by atoms with E-state index in [4.69, 9.17) is 9.97 Å². The molecular formula is C56H36N4. The van der Waals surface area contributed by atoms with Crippen molar-refractivity contribution in [3.63, 3.8) is 0 Å². The van der Waals surface area contributed by atoms with Gasteiger partial charge in [-0.1, -0.05) is 182 Å². The van der Waals surface area contributed by atoms with E-state index in [1.54, 1.807) is 0 Å². The average Bonchev–Trinajstić information content (AvgIpc) is 3.83. The van der Waals surface area contributed by atoms with Crippen LogP contribution in [0, 0.1) is 0 Å². The molecule has 280 valence electrons. The maximum Gasteiger partial charge on any atom is 0.165 e. The number of aromatic nitrogens is 4. The van der Waals surface area contributed by atoms with Gasteiger partial charge >= 0.3 is 0 Å². The summed E-state index contributed by atoms with van der Waals surface area (Å²) in [5, 5.41) is 7.24. The van der Waals surface area contributed by atoms with Crippen LogP contribution in [0.25, 0.3) is 111 Å². The van der Waals surface area contributed by atoms with Gasteiger partial charge in [-0.3, -0.25) is 4.57 Å². The first-order valence-electron chi connectivity index (χ1n) is 20.4. The van der Waals surface area contributed by atoms with E-state index in [-0.39, 0.29) is 0 Å². The zero-order chi connectivity index (χ0) is 39.6. The van der Waals surface area contributed by atoms with E-state index in [9.17, 15) is 0 Å². The highest BCUT2D eigenvalue weighted by Crippen LogP contribution is 2.44. The first kappa shape index (κ1) is 34.0. The maximum atomic E-state index is 5.78. The second-order valence-corrected chi connectivity index (χ2v) is 15.4. The van der Waals surface area contributed by atoms with E-state index in [1.165, 1.54) is 27.1 Å². The summed E-state index contributed by atoms with van der Waals surface area (Å²) in [5.74, 6) is 0.775. The Kier molecular flexibility index (Phi) is 7.82. The first-order chi connectivity index (χ1) is 29.8. The molecule has 0 N–H and O–H groups in total. The van der Waals surface area contributed by atoms with Gasteiger partial charge in [0, 0.05) is 43.9 Å². The van der Waals surface area contributed by atoms with Crippen molar-refractivity contribution in [3.8, 4) is 56.4 Å². The normalized spacial score (nSPS) is 11.7. The smallest absolute Gasteiger partial charge is 0.165 e. The quantitative estimate of drug-likeness (QED) is 0.169. The van der Waals surface area contributed by atoms with Gasteiger partial charge in [0.2, 0.25) is 0 Å². The van der Waals surface area contributed by atoms with Gasteiger partial charge in [0.25, 0.3) is 0 Å². The predicted molar refractivity (Wildman–Crippen MR) is 250 cm³/mol. The van der Waals surface area contributed by atoms with Crippen LogP contribution in [0.4, 0.5) is 0 Å². The fourth-order valence-electron chi connectivity index (χ4n) is 9.16. The summed E-state index contributed by atoms with van der Waals surface area (Å²) in [5.41, 5.74) is 13.4. The molecule has 0 atom stereocenters. The van der Waals surface area contributed by atoms with E-state index in [0.717, 1.165) is 83.7 Å². The number of hydrogen-bond acceptors (Lipinski definition) is 2. The molecule has 0 saturated carbocycles. The molecule has 60 heavy (non-hydrogen) atoms. The molecule has 12 aromatic rings. The molecule has 12 rings (SSSR count). The molecule has 4 nitrogen and oxygen atoms in total. The fourth-order valence-corrected chi connectivity index (χ4v) is 9.16. The molecule has 0 spiro atoms. The lowest BCUT2D eigenvalue weighted by Crippen LogP contribution is -2.06. The minimum atomic E-state index is 0.775. The van der Waals surface area contributed by atoms with Gasteiger partial charge in [-0.25, -0.2) is 9.97 Å². The summed E-state index contributed by atoms with van der Waals surface area (Å²) in [6, 6.07) is 77.7. The molecular weight excluding hydrogens is 729 g/mol. The molecule has 9 aromatic carbocycles. The Morgan fingerprint density at radius 3 is 1.48 bits per heavy atom. The van der Waals surface area contributed by atoms with Gasteiger partial charge in [-0.2, -0.15) is 0 Å². The molecule has 0 saturated heterocycles. The average molecular weight is 765 g/mol. The zero-order valence-electron chi connectivity index (χ0n) is 32.6. The van der Waals surface area contributed by atoms with Gasteiger partial charge < -0.3 is 4.57 Å². The number of rotatable bonds is 6. The summed E-state index contributed by atoms with van der Waals surface area (Å²) in [6.07, 6.45) is 0. The Morgan fingerprint density at radius 2 is 0.817 bits per heavy atom. The van der Waals surface area contributed by atoms with E-state index >= 15 is 0 Å². The topological polar surface area (TPSA) is 35.6 Å². The van der Waals surface area contributed by atoms with Crippen molar-refractivity contribution in [3.05, 3.63) is 218 Å². The summed E-state index contributed by atoms with van der Waals surface area (Å²) < 4.78 is 4.80. The predicted octanol–water partition coefficient (Wildman–Crippen LogP) is 14.5. The van der Waals surface area contributed by atoms with Crippen LogP contribution in [0.1, 0.15) is 0 Å². The number of para-hydroxylation sites is 1. The highest BCUT2D eigenvalue weighted by atomic mass is 15.1. The van der Waals surface area contributed by atoms with Gasteiger partial charge in [0.15, 0.2) is 5.82 Å². The van der Waals surface area contributed by atoms with Crippen molar-refractivity contribution >= 4 is 54.4 Å². The molecule has 3 aromatic heterocycles. The standard InChI is InChI=1S/C56H36N4/c1-6-18-37(19-7-1)42-30-32-45-46-35-47-51(59(43-27-14-5-15-28-43)48-33-31-38-20-16-17-29-44(38)52(47)48)36-50(46)60(49(45)34-42)56-55(41-25-12-4-13-26-41)57-53(39-21-8-2-9-22-39)54(58-56)40-23-10-3-11-24-40/h1-36H. The highest BCUT2D eigenvalue weighted by Gasteiger charge is 2.25. The lowest BCUT2D eigenvalue weighted by molar-refractivity contribution is 1.05. The van der Waals surface area contributed by atoms with E-state index in [1.807, 2.05) is 6.07 Å². The van der Waals surface area contributed by atoms with Crippen molar-refractivity contribution in [2.45, 2.75) is 0 Å². The molecule has 0 aliphatic heterocycles. The number of hydrogen-bond donors (Lipinski definition) is 0. The van der Waals surface area contributed by atoms with Gasteiger partial charge in [0.1, 0.15) is 5.69 Å². The molecule has 4 heteroatoms. The van der Waals surface area contributed by atoms with Crippen molar-refractivity contribution < 1.29 is 0 Å². The summed E-state index contributed by atoms with van der Waals surface area (Å²) >= 11 is 0. The van der Waals surface area contributed by atoms with E-state index in [0.29, 0.717) is 0 Å². The van der Waals surface area contributed by atoms with Gasteiger partial charge in [0.05, 0.1) is 33.5 Å². The molecule has 0 aliphatic rings. The second kappa shape index (κ2) is 13.8. The molecule has 3 heterocycles. The third-order valence-corrected chi connectivity index (χ3v) is 11.9. The van der Waals surface area contributed by atoms with Gasteiger partial charge in [-0.15, -0.1) is 0 Å². The highest BCUT2D eigenvalue weighted by molar-refractivity contribution is 6.25. The Bertz CT molecular complexity index is 3560. The molecule has 0 radical (unpaired) electrons. The monoisotopic (exact) mass is 764 g/mol. The Balaban J connectivity index is 1.28. The molecule has 0 fully saturated rings. The SMILES string of the molecule is c1ccc(-c2ccc3c4cc5c6c7ccccc7ccc6n(-c6ccccc6)c5cc4n(-c4nc(-c5ccccc5)c(-c5ccccc5)nc4-c4ccccc4)c3c2)cc1. The minimum absolute atomic E-state index is 0.775. The molecule has 0 amide bonds. The fraction of sp³-hybridized carbons (Fsp3) is 0. The second-order valence-electron chi connectivity index (χ2n) is 15.4. The van der Waals surface area contributed by atoms with Crippen LogP contribution in [-0.4, -0.2) is 19.1 Å². The van der Waals surface area contributed by atoms with Crippen molar-refractivity contribution in [2.24, 2.45) is 0 Å². The van der Waals surface area contributed by atoms with Crippen molar-refractivity contribution in [1.29, 1.82) is 0 Å². The molecule has 0 aliphatic carbocycles. The van der Waals surface area contributed by atoms with Crippen LogP contribution in [0.3, 0.4) is 0 Å². The van der Waals surface area contributed by atoms with Crippen LogP contribution in [0.15, 0.2) is 218 Å². The molecule has 0 unspecified atom stereocenters. The summed E-state index contributed by atoms with van der Waals surface area (Å²) in [4.78, 5) is 11.4. The van der Waals surface area contributed by atoms with Crippen LogP contribution in [0.5, 0.6) is 0 Å². The number of fused-ring (bicyclic) bond motifs is 8. The largest absolute Gasteiger partial charge is 0.309 e. The first-order valence-corrected chi connectivity index (χ1v) is 20.4. The van der Waals surface area contributed by atoms with Crippen LogP contribution >= 0.6 is 0 Å². The summed E-state index contributed by atoms with van der Waals surface area (Å²) in [7, 11) is 0. The maximum absolute atomic E-state index is 5.78. The molecule has 0 bridgehead atoms. The Labute approximate surface area is 346 Å². The van der Waals surface area contributed by atoms with Crippen LogP contribution in [-0.2, 0) is 0 Å². The lowest BCUT2D eigenvalue weighted by Gasteiger charge is -2.18. The van der Waals surface area contributed by atoms with Crippen LogP contribution in [0.2, 0.25) is 0 Å².